The van der Waals surface area contributed by atoms with E-state index in [1.165, 1.54) is 0 Å². The van der Waals surface area contributed by atoms with Crippen molar-refractivity contribution in [2.75, 3.05) is 0 Å². The fourth-order valence-corrected chi connectivity index (χ4v) is 1.65. The van der Waals surface area contributed by atoms with Crippen molar-refractivity contribution in [2.45, 2.75) is 25.7 Å². The Balaban J connectivity index is 2.15. The van der Waals surface area contributed by atoms with Gasteiger partial charge in [0.1, 0.15) is 5.76 Å². The van der Waals surface area contributed by atoms with Crippen LogP contribution in [0.15, 0.2) is 36.1 Å². The third-order valence-corrected chi connectivity index (χ3v) is 2.43. The Morgan fingerprint density at radius 1 is 1.07 bits per heavy atom. The SMILES string of the molecule is O=C1CCCC/C(=C\c2ccccc2)O1. The zero-order valence-corrected chi connectivity index (χ0v) is 8.61. The van der Waals surface area contributed by atoms with E-state index in [9.17, 15) is 4.79 Å². The highest BCUT2D eigenvalue weighted by Crippen LogP contribution is 2.19. The minimum Gasteiger partial charge on any atom is -0.431 e. The molecule has 1 aliphatic heterocycles. The predicted octanol–water partition coefficient (Wildman–Crippen LogP) is 3.14. The van der Waals surface area contributed by atoms with Gasteiger partial charge in [0.15, 0.2) is 0 Å². The molecule has 1 aliphatic rings. The summed E-state index contributed by atoms with van der Waals surface area (Å²) in [4.78, 5) is 11.2. The summed E-state index contributed by atoms with van der Waals surface area (Å²) in [6, 6.07) is 9.94. The van der Waals surface area contributed by atoms with Gasteiger partial charge in [0.05, 0.1) is 0 Å². The van der Waals surface area contributed by atoms with Crippen LogP contribution in [0.4, 0.5) is 0 Å². The first-order chi connectivity index (χ1) is 7.34. The van der Waals surface area contributed by atoms with Gasteiger partial charge in [-0.15, -0.1) is 0 Å². The molecule has 0 radical (unpaired) electrons. The Bertz CT molecular complexity index is 365. The zero-order valence-electron chi connectivity index (χ0n) is 8.61. The molecule has 1 aromatic rings. The first kappa shape index (κ1) is 9.97. The van der Waals surface area contributed by atoms with Gasteiger partial charge in [-0.25, -0.2) is 0 Å². The quantitative estimate of drug-likeness (QED) is 0.654. The molecule has 2 nitrogen and oxygen atoms in total. The molecule has 0 saturated carbocycles. The molecule has 0 aromatic heterocycles. The summed E-state index contributed by atoms with van der Waals surface area (Å²) >= 11 is 0. The molecule has 0 amide bonds. The van der Waals surface area contributed by atoms with Crippen molar-refractivity contribution in [3.63, 3.8) is 0 Å². The third kappa shape index (κ3) is 2.94. The molecule has 0 aliphatic carbocycles. The van der Waals surface area contributed by atoms with Crippen LogP contribution in [-0.2, 0) is 9.53 Å². The Hall–Kier alpha value is -1.57. The van der Waals surface area contributed by atoms with Gasteiger partial charge >= 0.3 is 5.97 Å². The molecule has 1 fully saturated rings. The van der Waals surface area contributed by atoms with Crippen LogP contribution in [0.1, 0.15) is 31.2 Å². The number of carbonyl (C=O) groups is 1. The van der Waals surface area contributed by atoms with Crippen molar-refractivity contribution in [2.24, 2.45) is 0 Å². The Morgan fingerprint density at radius 2 is 1.80 bits per heavy atom. The molecule has 15 heavy (non-hydrogen) atoms. The van der Waals surface area contributed by atoms with Crippen molar-refractivity contribution in [3.05, 3.63) is 41.7 Å². The smallest absolute Gasteiger partial charge is 0.310 e. The van der Waals surface area contributed by atoms with Crippen LogP contribution in [-0.4, -0.2) is 5.97 Å². The fourth-order valence-electron chi connectivity index (χ4n) is 1.65. The first-order valence-electron chi connectivity index (χ1n) is 5.31. The van der Waals surface area contributed by atoms with E-state index in [-0.39, 0.29) is 5.97 Å². The lowest BCUT2D eigenvalue weighted by Gasteiger charge is -2.03. The minimum absolute atomic E-state index is 0.102. The number of ether oxygens (including phenoxy) is 1. The van der Waals surface area contributed by atoms with Crippen LogP contribution in [0.25, 0.3) is 6.08 Å². The summed E-state index contributed by atoms with van der Waals surface area (Å²) < 4.78 is 5.24. The van der Waals surface area contributed by atoms with Gasteiger partial charge < -0.3 is 4.74 Å². The van der Waals surface area contributed by atoms with Gasteiger partial charge in [0, 0.05) is 12.8 Å². The van der Waals surface area contributed by atoms with Gasteiger partial charge in [-0.05, 0) is 24.5 Å². The normalized spacial score (nSPS) is 19.7. The molecule has 0 unspecified atom stereocenters. The molecule has 0 bridgehead atoms. The summed E-state index contributed by atoms with van der Waals surface area (Å²) in [6.45, 7) is 0. The Morgan fingerprint density at radius 3 is 2.60 bits per heavy atom. The van der Waals surface area contributed by atoms with Crippen LogP contribution in [0, 0.1) is 0 Å². The molecule has 2 rings (SSSR count). The van der Waals surface area contributed by atoms with Gasteiger partial charge in [-0.2, -0.15) is 0 Å². The summed E-state index contributed by atoms with van der Waals surface area (Å²) in [6.07, 6.45) is 5.32. The Kier molecular flexibility index (Phi) is 3.18. The van der Waals surface area contributed by atoms with Gasteiger partial charge in [-0.1, -0.05) is 30.3 Å². The van der Waals surface area contributed by atoms with Gasteiger partial charge in [0.2, 0.25) is 0 Å². The van der Waals surface area contributed by atoms with E-state index in [0.29, 0.717) is 6.42 Å². The van der Waals surface area contributed by atoms with Crippen molar-refractivity contribution >= 4 is 12.0 Å². The maximum Gasteiger partial charge on any atom is 0.310 e. The van der Waals surface area contributed by atoms with Crippen LogP contribution in [0.2, 0.25) is 0 Å². The molecule has 1 aromatic carbocycles. The minimum atomic E-state index is -0.102. The van der Waals surface area contributed by atoms with E-state index < -0.39 is 0 Å². The highest BCUT2D eigenvalue weighted by atomic mass is 16.5. The van der Waals surface area contributed by atoms with Crippen molar-refractivity contribution in [1.29, 1.82) is 0 Å². The first-order valence-corrected chi connectivity index (χ1v) is 5.31. The molecule has 0 atom stereocenters. The standard InChI is InChI=1S/C13H14O2/c14-13-9-5-4-8-12(15-13)10-11-6-2-1-3-7-11/h1-3,6-7,10H,4-5,8-9H2/b12-10+. The van der Waals surface area contributed by atoms with Crippen molar-refractivity contribution in [3.8, 4) is 0 Å². The zero-order chi connectivity index (χ0) is 10.5. The highest BCUT2D eigenvalue weighted by Gasteiger charge is 2.12. The number of allylic oxidation sites excluding steroid dienone is 1. The largest absolute Gasteiger partial charge is 0.431 e. The number of cyclic esters (lactones) is 1. The molecule has 1 heterocycles. The maximum absolute atomic E-state index is 11.2. The number of carbonyl (C=O) groups excluding carboxylic acids is 1. The summed E-state index contributed by atoms with van der Waals surface area (Å²) in [5, 5.41) is 0. The second-order valence-electron chi connectivity index (χ2n) is 3.70. The second kappa shape index (κ2) is 4.78. The van der Waals surface area contributed by atoms with Crippen LogP contribution in [0.3, 0.4) is 0 Å². The number of benzene rings is 1. The highest BCUT2D eigenvalue weighted by molar-refractivity contribution is 5.72. The molecule has 78 valence electrons. The number of hydrogen-bond donors (Lipinski definition) is 0. The fraction of sp³-hybridized carbons (Fsp3) is 0.308. The van der Waals surface area contributed by atoms with E-state index in [4.69, 9.17) is 4.74 Å². The third-order valence-electron chi connectivity index (χ3n) is 2.43. The number of rotatable bonds is 1. The van der Waals surface area contributed by atoms with Gasteiger partial charge in [0.25, 0.3) is 0 Å². The van der Waals surface area contributed by atoms with Crippen LogP contribution < -0.4 is 0 Å². The predicted molar refractivity (Wildman–Crippen MR) is 59.0 cm³/mol. The van der Waals surface area contributed by atoms with Gasteiger partial charge in [-0.3, -0.25) is 4.79 Å². The van der Waals surface area contributed by atoms with Crippen LogP contribution >= 0.6 is 0 Å². The van der Waals surface area contributed by atoms with E-state index >= 15 is 0 Å². The lowest BCUT2D eigenvalue weighted by atomic mass is 10.1. The average molecular weight is 202 g/mol. The molecular weight excluding hydrogens is 188 g/mol. The monoisotopic (exact) mass is 202 g/mol. The van der Waals surface area contributed by atoms with Crippen LogP contribution in [0.5, 0.6) is 0 Å². The summed E-state index contributed by atoms with van der Waals surface area (Å²) in [5.74, 6) is 0.693. The molecule has 2 heteroatoms. The van der Waals surface area contributed by atoms with Crippen molar-refractivity contribution < 1.29 is 9.53 Å². The molecular formula is C13H14O2. The number of hydrogen-bond acceptors (Lipinski definition) is 2. The van der Waals surface area contributed by atoms with E-state index in [1.807, 2.05) is 36.4 Å². The maximum atomic E-state index is 11.2. The van der Waals surface area contributed by atoms with E-state index in [0.717, 1.165) is 30.6 Å². The van der Waals surface area contributed by atoms with E-state index in [1.54, 1.807) is 0 Å². The topological polar surface area (TPSA) is 26.3 Å². The lowest BCUT2D eigenvalue weighted by Crippen LogP contribution is -1.99. The second-order valence-corrected chi connectivity index (χ2v) is 3.70. The molecule has 0 spiro atoms. The summed E-state index contributed by atoms with van der Waals surface area (Å²) in [5.41, 5.74) is 1.09. The number of esters is 1. The Labute approximate surface area is 89.6 Å². The summed E-state index contributed by atoms with van der Waals surface area (Å²) in [7, 11) is 0. The van der Waals surface area contributed by atoms with Crippen molar-refractivity contribution in [1.82, 2.24) is 0 Å². The van der Waals surface area contributed by atoms with E-state index in [2.05, 4.69) is 0 Å². The molecule has 0 N–H and O–H groups in total. The molecule has 1 saturated heterocycles. The average Bonchev–Trinajstić information content (AvgIpc) is 2.44. The lowest BCUT2D eigenvalue weighted by molar-refractivity contribution is -0.138.